The van der Waals surface area contributed by atoms with Crippen molar-refractivity contribution in [2.24, 2.45) is 5.92 Å². The molecule has 1 saturated heterocycles. The van der Waals surface area contributed by atoms with Gasteiger partial charge in [-0.2, -0.15) is 0 Å². The first kappa shape index (κ1) is 16.5. The summed E-state index contributed by atoms with van der Waals surface area (Å²) >= 11 is 0. The number of benzene rings is 1. The molecule has 0 spiro atoms. The van der Waals surface area contributed by atoms with Crippen molar-refractivity contribution in [3.05, 3.63) is 35.9 Å². The van der Waals surface area contributed by atoms with Crippen LogP contribution < -0.4 is 5.32 Å². The second-order valence-corrected chi connectivity index (χ2v) is 6.65. The standard InChI is InChI=1S/C18H30N2O/c1-15(17(19-3)16-9-6-5-7-10-16)13-20-12-8-11-18(2,14-20)21-4/h5-7,9-10,15,17,19H,8,11-14H2,1-4H3. The van der Waals surface area contributed by atoms with Crippen molar-refractivity contribution in [1.29, 1.82) is 0 Å². The molecule has 0 saturated carbocycles. The van der Waals surface area contributed by atoms with Crippen LogP contribution in [0.1, 0.15) is 38.3 Å². The fourth-order valence-corrected chi connectivity index (χ4v) is 3.58. The first-order valence-electron chi connectivity index (χ1n) is 8.08. The Kier molecular flexibility index (Phi) is 5.80. The zero-order chi connectivity index (χ0) is 15.3. The Morgan fingerprint density at radius 2 is 2.05 bits per heavy atom. The van der Waals surface area contributed by atoms with Gasteiger partial charge in [-0.3, -0.25) is 0 Å². The molecule has 0 radical (unpaired) electrons. The lowest BCUT2D eigenvalue weighted by molar-refractivity contribution is -0.0540. The average Bonchev–Trinajstić information content (AvgIpc) is 2.49. The van der Waals surface area contributed by atoms with Gasteiger partial charge in [-0.15, -0.1) is 0 Å². The van der Waals surface area contributed by atoms with Crippen molar-refractivity contribution in [2.75, 3.05) is 33.8 Å². The van der Waals surface area contributed by atoms with Gasteiger partial charge in [0.05, 0.1) is 5.60 Å². The monoisotopic (exact) mass is 290 g/mol. The van der Waals surface area contributed by atoms with Crippen LogP contribution in [0.3, 0.4) is 0 Å². The molecule has 1 aliphatic rings. The number of hydrogen-bond acceptors (Lipinski definition) is 3. The van der Waals surface area contributed by atoms with Gasteiger partial charge < -0.3 is 15.0 Å². The number of rotatable bonds is 6. The Morgan fingerprint density at radius 3 is 2.67 bits per heavy atom. The molecule has 1 fully saturated rings. The molecule has 3 unspecified atom stereocenters. The first-order chi connectivity index (χ1) is 10.1. The van der Waals surface area contributed by atoms with Crippen molar-refractivity contribution >= 4 is 0 Å². The number of hydrogen-bond donors (Lipinski definition) is 1. The Morgan fingerprint density at radius 1 is 1.33 bits per heavy atom. The van der Waals surface area contributed by atoms with E-state index in [1.54, 1.807) is 0 Å². The molecule has 0 bridgehead atoms. The number of nitrogens with one attached hydrogen (secondary N) is 1. The maximum atomic E-state index is 5.70. The van der Waals surface area contributed by atoms with Gasteiger partial charge in [0.25, 0.3) is 0 Å². The summed E-state index contributed by atoms with van der Waals surface area (Å²) in [6.45, 7) is 7.91. The van der Waals surface area contributed by atoms with E-state index in [0.29, 0.717) is 12.0 Å². The van der Waals surface area contributed by atoms with Crippen molar-refractivity contribution in [3.63, 3.8) is 0 Å². The molecular formula is C18H30N2O. The zero-order valence-corrected chi connectivity index (χ0v) is 13.9. The molecule has 1 N–H and O–H groups in total. The Hall–Kier alpha value is -0.900. The Labute approximate surface area is 129 Å². The van der Waals surface area contributed by atoms with Gasteiger partial charge in [-0.25, -0.2) is 0 Å². The van der Waals surface area contributed by atoms with E-state index < -0.39 is 0 Å². The number of nitrogens with zero attached hydrogens (tertiary/aromatic N) is 1. The van der Waals surface area contributed by atoms with Crippen molar-refractivity contribution in [1.82, 2.24) is 10.2 Å². The smallest absolute Gasteiger partial charge is 0.0777 e. The zero-order valence-electron chi connectivity index (χ0n) is 13.9. The van der Waals surface area contributed by atoms with Gasteiger partial charge in [0.1, 0.15) is 0 Å². The van der Waals surface area contributed by atoms with Crippen LogP contribution in [0.15, 0.2) is 30.3 Å². The fourth-order valence-electron chi connectivity index (χ4n) is 3.58. The quantitative estimate of drug-likeness (QED) is 0.871. The molecule has 3 nitrogen and oxygen atoms in total. The van der Waals surface area contributed by atoms with Gasteiger partial charge in [0, 0.05) is 26.2 Å². The molecule has 1 heterocycles. The van der Waals surface area contributed by atoms with Crippen LogP contribution >= 0.6 is 0 Å². The SMILES string of the molecule is CNC(c1ccccc1)C(C)CN1CCCC(C)(OC)C1. The number of likely N-dealkylation sites (tertiary alicyclic amines) is 1. The molecule has 3 atom stereocenters. The molecule has 21 heavy (non-hydrogen) atoms. The predicted molar refractivity (Wildman–Crippen MR) is 88.5 cm³/mol. The number of methoxy groups -OCH3 is 1. The summed E-state index contributed by atoms with van der Waals surface area (Å²) in [5, 5.41) is 3.48. The van der Waals surface area contributed by atoms with Crippen LogP contribution in [0.2, 0.25) is 0 Å². The molecular weight excluding hydrogens is 260 g/mol. The second kappa shape index (κ2) is 7.39. The van der Waals surface area contributed by atoms with E-state index in [1.165, 1.54) is 24.9 Å². The van der Waals surface area contributed by atoms with Crippen LogP contribution in [0.4, 0.5) is 0 Å². The maximum Gasteiger partial charge on any atom is 0.0777 e. The van der Waals surface area contributed by atoms with Crippen molar-refractivity contribution in [3.8, 4) is 0 Å². The van der Waals surface area contributed by atoms with E-state index >= 15 is 0 Å². The fraction of sp³-hybridized carbons (Fsp3) is 0.667. The van der Waals surface area contributed by atoms with E-state index in [4.69, 9.17) is 4.74 Å². The highest BCUT2D eigenvalue weighted by atomic mass is 16.5. The van der Waals surface area contributed by atoms with E-state index in [-0.39, 0.29) is 5.60 Å². The minimum Gasteiger partial charge on any atom is -0.377 e. The van der Waals surface area contributed by atoms with Gasteiger partial charge in [-0.1, -0.05) is 37.3 Å². The average molecular weight is 290 g/mol. The second-order valence-electron chi connectivity index (χ2n) is 6.65. The molecule has 3 heteroatoms. The lowest BCUT2D eigenvalue weighted by Crippen LogP contribution is -2.49. The molecule has 118 valence electrons. The van der Waals surface area contributed by atoms with Crippen molar-refractivity contribution < 1.29 is 4.74 Å². The van der Waals surface area contributed by atoms with E-state index in [1.807, 2.05) is 7.11 Å². The third-order valence-corrected chi connectivity index (χ3v) is 4.82. The Bertz CT molecular complexity index is 422. The van der Waals surface area contributed by atoms with Crippen LogP contribution in [-0.2, 0) is 4.74 Å². The summed E-state index contributed by atoms with van der Waals surface area (Å²) in [6, 6.07) is 11.2. The normalized spacial score (nSPS) is 26.5. The molecule has 1 aromatic rings. The number of ether oxygens (including phenoxy) is 1. The van der Waals surface area contributed by atoms with E-state index in [2.05, 4.69) is 61.4 Å². The molecule has 1 aliphatic heterocycles. The summed E-state index contributed by atoms with van der Waals surface area (Å²) in [6.07, 6.45) is 2.40. The van der Waals surface area contributed by atoms with Gasteiger partial charge >= 0.3 is 0 Å². The summed E-state index contributed by atoms with van der Waals surface area (Å²) in [5.41, 5.74) is 1.40. The highest BCUT2D eigenvalue weighted by Crippen LogP contribution is 2.27. The minimum absolute atomic E-state index is 0.0276. The highest BCUT2D eigenvalue weighted by Gasteiger charge is 2.32. The third-order valence-electron chi connectivity index (χ3n) is 4.82. The van der Waals surface area contributed by atoms with Crippen LogP contribution in [0.25, 0.3) is 0 Å². The van der Waals surface area contributed by atoms with Crippen molar-refractivity contribution in [2.45, 2.75) is 38.3 Å². The van der Waals surface area contributed by atoms with E-state index in [0.717, 1.165) is 13.1 Å². The summed E-state index contributed by atoms with van der Waals surface area (Å²) in [7, 11) is 3.90. The molecule has 1 aromatic carbocycles. The molecule has 0 amide bonds. The van der Waals surface area contributed by atoms with Gasteiger partial charge in [0.2, 0.25) is 0 Å². The lowest BCUT2D eigenvalue weighted by atomic mass is 9.91. The summed E-state index contributed by atoms with van der Waals surface area (Å²) < 4.78 is 5.70. The van der Waals surface area contributed by atoms with E-state index in [9.17, 15) is 0 Å². The topological polar surface area (TPSA) is 24.5 Å². The molecule has 0 aromatic heterocycles. The first-order valence-corrected chi connectivity index (χ1v) is 8.08. The van der Waals surface area contributed by atoms with Gasteiger partial charge in [-0.05, 0) is 44.8 Å². The lowest BCUT2D eigenvalue weighted by Gasteiger charge is -2.41. The minimum atomic E-state index is 0.0276. The van der Waals surface area contributed by atoms with Crippen LogP contribution in [0, 0.1) is 5.92 Å². The molecule has 0 aliphatic carbocycles. The Balaban J connectivity index is 1.98. The maximum absolute atomic E-state index is 5.70. The summed E-state index contributed by atoms with van der Waals surface area (Å²) in [5.74, 6) is 0.566. The molecule has 2 rings (SSSR count). The van der Waals surface area contributed by atoms with Gasteiger partial charge in [0.15, 0.2) is 0 Å². The highest BCUT2D eigenvalue weighted by molar-refractivity contribution is 5.19. The summed E-state index contributed by atoms with van der Waals surface area (Å²) in [4.78, 5) is 2.56. The van der Waals surface area contributed by atoms with Crippen LogP contribution in [0.5, 0.6) is 0 Å². The third kappa shape index (κ3) is 4.29. The van der Waals surface area contributed by atoms with Crippen LogP contribution in [-0.4, -0.2) is 44.3 Å². The number of piperidine rings is 1. The largest absolute Gasteiger partial charge is 0.377 e. The predicted octanol–water partition coefficient (Wildman–Crippen LogP) is 3.08.